The number of nitrogens with one attached hydrogen (secondary N) is 1. The first-order chi connectivity index (χ1) is 9.81. The van der Waals surface area contributed by atoms with Crippen molar-refractivity contribution in [2.45, 2.75) is 18.2 Å². The number of hydrogen-bond donors (Lipinski definition) is 2. The predicted octanol–water partition coefficient (Wildman–Crippen LogP) is 3.10. The van der Waals surface area contributed by atoms with Crippen LogP contribution in [-0.4, -0.2) is 26.0 Å². The highest BCUT2D eigenvalue weighted by atomic mass is 79.9. The second kappa shape index (κ2) is 6.57. The summed E-state index contributed by atoms with van der Waals surface area (Å²) in [6.07, 6.45) is 0.557. The highest BCUT2D eigenvalue weighted by Crippen LogP contribution is 2.27. The molecule has 2 heterocycles. The summed E-state index contributed by atoms with van der Waals surface area (Å²) in [7, 11) is -3.81. The molecule has 2 N–H and O–H groups in total. The zero-order valence-corrected chi connectivity index (χ0v) is 15.0. The largest absolute Gasteiger partial charge is 0.477 e. The van der Waals surface area contributed by atoms with E-state index in [0.29, 0.717) is 12.0 Å². The van der Waals surface area contributed by atoms with E-state index >= 15 is 0 Å². The van der Waals surface area contributed by atoms with Crippen molar-refractivity contribution in [1.82, 2.24) is 4.72 Å². The van der Waals surface area contributed by atoms with Gasteiger partial charge >= 0.3 is 5.97 Å². The van der Waals surface area contributed by atoms with E-state index in [1.54, 1.807) is 6.92 Å². The Labute approximate surface area is 138 Å². The number of hydrogen-bond acceptors (Lipinski definition) is 5. The molecule has 0 fully saturated rings. The Bertz CT molecular complexity index is 763. The van der Waals surface area contributed by atoms with Crippen LogP contribution < -0.4 is 4.72 Å². The van der Waals surface area contributed by atoms with E-state index in [-0.39, 0.29) is 16.3 Å². The third kappa shape index (κ3) is 3.92. The molecule has 21 heavy (non-hydrogen) atoms. The van der Waals surface area contributed by atoms with Crippen molar-refractivity contribution >= 4 is 54.6 Å². The standard InChI is InChI=1S/C12H12BrNO4S3/c1-7-6-19-10(12(15)16)11(7)21(17,18)14-5-4-8-2-3-9(13)20-8/h2-3,6,14H,4-5H2,1H3,(H,15,16). The molecule has 9 heteroatoms. The summed E-state index contributed by atoms with van der Waals surface area (Å²) in [6, 6.07) is 3.82. The highest BCUT2D eigenvalue weighted by Gasteiger charge is 2.26. The van der Waals surface area contributed by atoms with Crippen LogP contribution in [0.25, 0.3) is 0 Å². The summed E-state index contributed by atoms with van der Waals surface area (Å²) in [5, 5.41) is 10.6. The van der Waals surface area contributed by atoms with Gasteiger partial charge in [0.05, 0.1) is 3.79 Å². The van der Waals surface area contributed by atoms with E-state index in [2.05, 4.69) is 20.7 Å². The fraction of sp³-hybridized carbons (Fsp3) is 0.250. The number of sulfonamides is 1. The molecule has 0 aliphatic rings. The van der Waals surface area contributed by atoms with E-state index in [4.69, 9.17) is 5.11 Å². The lowest BCUT2D eigenvalue weighted by molar-refractivity contribution is 0.0698. The van der Waals surface area contributed by atoms with E-state index in [9.17, 15) is 13.2 Å². The maximum atomic E-state index is 12.3. The Morgan fingerprint density at radius 3 is 2.71 bits per heavy atom. The molecule has 2 aromatic heterocycles. The SMILES string of the molecule is Cc1csc(C(=O)O)c1S(=O)(=O)NCCc1ccc(Br)s1. The molecule has 0 unspecified atom stereocenters. The number of aryl methyl sites for hydroxylation is 1. The van der Waals surface area contributed by atoms with Gasteiger partial charge in [-0.1, -0.05) is 0 Å². The van der Waals surface area contributed by atoms with Crippen molar-refractivity contribution in [1.29, 1.82) is 0 Å². The Balaban J connectivity index is 2.12. The first-order valence-electron chi connectivity index (χ1n) is 5.86. The summed E-state index contributed by atoms with van der Waals surface area (Å²) in [5.41, 5.74) is 0.448. The fourth-order valence-corrected chi connectivity index (χ4v) is 5.92. The number of carboxylic acids is 1. The molecule has 5 nitrogen and oxygen atoms in total. The summed E-state index contributed by atoms with van der Waals surface area (Å²) in [6.45, 7) is 1.82. The van der Waals surface area contributed by atoms with Gasteiger partial charge in [-0.05, 0) is 52.4 Å². The number of thiophene rings is 2. The molecule has 0 saturated heterocycles. The van der Waals surface area contributed by atoms with Crippen molar-refractivity contribution in [3.63, 3.8) is 0 Å². The van der Waals surface area contributed by atoms with Crippen molar-refractivity contribution in [3.05, 3.63) is 36.6 Å². The smallest absolute Gasteiger partial charge is 0.347 e. The molecular weight excluding hydrogens is 398 g/mol. The van der Waals surface area contributed by atoms with E-state index in [0.717, 1.165) is 20.0 Å². The molecule has 0 amide bonds. The number of carbonyl (C=O) groups is 1. The predicted molar refractivity (Wildman–Crippen MR) is 86.9 cm³/mol. The summed E-state index contributed by atoms with van der Waals surface area (Å²) < 4.78 is 28.0. The number of carboxylic acid groups (broad SMARTS) is 1. The van der Waals surface area contributed by atoms with Crippen molar-refractivity contribution in [2.75, 3.05) is 6.54 Å². The topological polar surface area (TPSA) is 83.5 Å². The molecule has 0 aliphatic carbocycles. The van der Waals surface area contributed by atoms with Crippen LogP contribution in [0.15, 0.2) is 26.2 Å². The third-order valence-electron chi connectivity index (χ3n) is 2.67. The maximum Gasteiger partial charge on any atom is 0.347 e. The summed E-state index contributed by atoms with van der Waals surface area (Å²) >= 11 is 5.80. The van der Waals surface area contributed by atoms with E-state index in [1.165, 1.54) is 16.7 Å². The molecule has 0 bridgehead atoms. The maximum absolute atomic E-state index is 12.3. The lowest BCUT2D eigenvalue weighted by Gasteiger charge is -2.07. The first-order valence-corrected chi connectivity index (χ1v) is 9.84. The van der Waals surface area contributed by atoms with E-state index in [1.807, 2.05) is 12.1 Å². The van der Waals surface area contributed by atoms with Gasteiger partial charge in [-0.25, -0.2) is 17.9 Å². The van der Waals surface area contributed by atoms with Crippen LogP contribution >= 0.6 is 38.6 Å². The molecule has 2 rings (SSSR count). The van der Waals surface area contributed by atoms with Crippen LogP contribution in [-0.2, 0) is 16.4 Å². The van der Waals surface area contributed by atoms with Gasteiger partial charge in [0.1, 0.15) is 9.77 Å². The van der Waals surface area contributed by atoms with Gasteiger partial charge in [-0.3, -0.25) is 0 Å². The quantitative estimate of drug-likeness (QED) is 0.767. The average Bonchev–Trinajstić information content (AvgIpc) is 2.95. The molecule has 114 valence electrons. The molecule has 0 atom stereocenters. The zero-order valence-electron chi connectivity index (χ0n) is 10.9. The lowest BCUT2D eigenvalue weighted by atomic mass is 10.3. The van der Waals surface area contributed by atoms with Crippen LogP contribution in [0.5, 0.6) is 0 Å². The molecule has 0 aromatic carbocycles. The fourth-order valence-electron chi connectivity index (χ4n) is 1.78. The van der Waals surface area contributed by atoms with Crippen molar-refractivity contribution < 1.29 is 18.3 Å². The second-order valence-corrected chi connectivity index (χ2v) is 9.37. The first kappa shape index (κ1) is 16.6. The van der Waals surface area contributed by atoms with Crippen LogP contribution in [0.4, 0.5) is 0 Å². The Morgan fingerprint density at radius 1 is 1.43 bits per heavy atom. The van der Waals surface area contributed by atoms with Crippen molar-refractivity contribution in [3.8, 4) is 0 Å². The highest BCUT2D eigenvalue weighted by molar-refractivity contribution is 9.11. The van der Waals surface area contributed by atoms with Gasteiger partial charge in [0.25, 0.3) is 0 Å². The van der Waals surface area contributed by atoms with Gasteiger partial charge in [0.15, 0.2) is 0 Å². The number of aromatic carboxylic acids is 1. The molecule has 0 aliphatic heterocycles. The minimum atomic E-state index is -3.81. The van der Waals surface area contributed by atoms with Crippen LogP contribution in [0.3, 0.4) is 0 Å². The third-order valence-corrected chi connectivity index (χ3v) is 7.22. The molecule has 2 aromatic rings. The van der Waals surface area contributed by atoms with Gasteiger partial charge in [0.2, 0.25) is 10.0 Å². The zero-order chi connectivity index (χ0) is 15.6. The van der Waals surface area contributed by atoms with Gasteiger partial charge < -0.3 is 5.11 Å². The monoisotopic (exact) mass is 409 g/mol. The van der Waals surface area contributed by atoms with Crippen LogP contribution in [0, 0.1) is 6.92 Å². The minimum absolute atomic E-state index is 0.132. The van der Waals surface area contributed by atoms with Crippen molar-refractivity contribution in [2.24, 2.45) is 0 Å². The van der Waals surface area contributed by atoms with Crippen LogP contribution in [0.1, 0.15) is 20.1 Å². The number of rotatable bonds is 6. The van der Waals surface area contributed by atoms with Crippen LogP contribution in [0.2, 0.25) is 0 Å². The normalized spacial score (nSPS) is 11.7. The molecule has 0 spiro atoms. The lowest BCUT2D eigenvalue weighted by Crippen LogP contribution is -2.27. The summed E-state index contributed by atoms with van der Waals surface area (Å²) in [4.78, 5) is 11.9. The Hall–Kier alpha value is -0.740. The minimum Gasteiger partial charge on any atom is -0.477 e. The molecular formula is C12H12BrNO4S3. The molecule has 0 radical (unpaired) electrons. The Kier molecular flexibility index (Phi) is 5.20. The summed E-state index contributed by atoms with van der Waals surface area (Å²) in [5.74, 6) is -1.23. The average molecular weight is 410 g/mol. The van der Waals surface area contributed by atoms with Gasteiger partial charge in [-0.2, -0.15) is 0 Å². The van der Waals surface area contributed by atoms with E-state index < -0.39 is 16.0 Å². The number of halogens is 1. The molecule has 0 saturated carbocycles. The Morgan fingerprint density at radius 2 is 2.14 bits per heavy atom. The van der Waals surface area contributed by atoms with Gasteiger partial charge in [0, 0.05) is 11.4 Å². The van der Waals surface area contributed by atoms with Gasteiger partial charge in [-0.15, -0.1) is 22.7 Å². The second-order valence-electron chi connectivity index (χ2n) is 4.24.